The van der Waals surface area contributed by atoms with E-state index in [0.29, 0.717) is 13.1 Å². The smallest absolute Gasteiger partial charge is 0.342 e. The van der Waals surface area contributed by atoms with Crippen LogP contribution >= 0.6 is 0 Å². The lowest BCUT2D eigenvalue weighted by atomic mass is 9.89. The van der Waals surface area contributed by atoms with Gasteiger partial charge in [-0.3, -0.25) is 9.59 Å². The lowest BCUT2D eigenvalue weighted by Crippen LogP contribution is -2.47. The van der Waals surface area contributed by atoms with E-state index in [1.807, 2.05) is 0 Å². The third-order valence-electron chi connectivity index (χ3n) is 4.48. The van der Waals surface area contributed by atoms with Crippen LogP contribution in [-0.4, -0.2) is 29.8 Å². The summed E-state index contributed by atoms with van der Waals surface area (Å²) < 4.78 is 39.2. The highest BCUT2D eigenvalue weighted by molar-refractivity contribution is 6.10. The van der Waals surface area contributed by atoms with Gasteiger partial charge in [-0.1, -0.05) is 25.0 Å². The number of hydrogen-bond acceptors (Lipinski definition) is 2. The maximum Gasteiger partial charge on any atom is 0.418 e. The van der Waals surface area contributed by atoms with Crippen LogP contribution in [0, 0.1) is 5.41 Å². The van der Waals surface area contributed by atoms with Crippen molar-refractivity contribution in [3.63, 3.8) is 0 Å². The molecule has 0 aromatic heterocycles. The fourth-order valence-corrected chi connectivity index (χ4v) is 2.88. The summed E-state index contributed by atoms with van der Waals surface area (Å²) in [5.74, 6) is -1.09. The van der Waals surface area contributed by atoms with E-state index >= 15 is 0 Å². The number of rotatable bonds is 3. The monoisotopic (exact) mass is 356 g/mol. The zero-order valence-electron chi connectivity index (χ0n) is 14.4. The van der Waals surface area contributed by atoms with E-state index in [9.17, 15) is 22.8 Å². The molecule has 0 radical (unpaired) electrons. The Labute approximate surface area is 145 Å². The van der Waals surface area contributed by atoms with E-state index < -0.39 is 23.1 Å². The second kappa shape index (κ2) is 7.45. The number of amides is 2. The molecule has 1 saturated heterocycles. The van der Waals surface area contributed by atoms with Gasteiger partial charge in [0, 0.05) is 13.1 Å². The lowest BCUT2D eigenvalue weighted by molar-refractivity contribution is -0.146. The summed E-state index contributed by atoms with van der Waals surface area (Å²) >= 11 is 0. The van der Waals surface area contributed by atoms with Gasteiger partial charge in [-0.25, -0.2) is 0 Å². The Balaban J connectivity index is 2.18. The number of nitrogens with one attached hydrogen (secondary N) is 1. The van der Waals surface area contributed by atoms with E-state index in [1.165, 1.54) is 32.0 Å². The van der Waals surface area contributed by atoms with E-state index in [4.69, 9.17) is 0 Å². The molecule has 1 aliphatic heterocycles. The molecule has 0 unspecified atom stereocenters. The van der Waals surface area contributed by atoms with Crippen molar-refractivity contribution in [1.82, 2.24) is 4.90 Å². The molecule has 4 nitrogen and oxygen atoms in total. The van der Waals surface area contributed by atoms with Crippen LogP contribution in [0.15, 0.2) is 24.3 Å². The zero-order chi connectivity index (χ0) is 18.7. The minimum atomic E-state index is -4.58. The average Bonchev–Trinajstić information content (AvgIpc) is 2.82. The number of carbonyl (C=O) groups excluding carboxylic acids is 2. The van der Waals surface area contributed by atoms with Crippen LogP contribution in [0.1, 0.15) is 45.1 Å². The molecule has 7 heteroatoms. The topological polar surface area (TPSA) is 49.4 Å². The Morgan fingerprint density at radius 2 is 1.56 bits per heavy atom. The fourth-order valence-electron chi connectivity index (χ4n) is 2.88. The molecule has 1 aliphatic rings. The number of anilines is 1. The first-order valence-electron chi connectivity index (χ1n) is 8.41. The average molecular weight is 356 g/mol. The predicted molar refractivity (Wildman–Crippen MR) is 88.9 cm³/mol. The lowest BCUT2D eigenvalue weighted by Gasteiger charge is -2.30. The summed E-state index contributed by atoms with van der Waals surface area (Å²) in [6, 6.07) is 4.76. The number of halogens is 3. The van der Waals surface area contributed by atoms with Gasteiger partial charge in [-0.2, -0.15) is 13.2 Å². The quantitative estimate of drug-likeness (QED) is 0.830. The van der Waals surface area contributed by atoms with Crippen LogP contribution < -0.4 is 5.32 Å². The molecule has 1 aromatic rings. The second-order valence-electron chi connectivity index (χ2n) is 6.83. The molecule has 25 heavy (non-hydrogen) atoms. The SMILES string of the molecule is CC(C)(C(=O)Nc1ccccc1C(F)(F)F)C(=O)N1CCCCCC1. The highest BCUT2D eigenvalue weighted by atomic mass is 19.4. The first kappa shape index (κ1) is 19.3. The van der Waals surface area contributed by atoms with Gasteiger partial charge in [-0.05, 0) is 38.8 Å². The number of benzene rings is 1. The van der Waals surface area contributed by atoms with Gasteiger partial charge in [0.05, 0.1) is 11.3 Å². The number of hydrogen-bond donors (Lipinski definition) is 1. The van der Waals surface area contributed by atoms with E-state index in [-0.39, 0.29) is 11.6 Å². The minimum Gasteiger partial charge on any atom is -0.342 e. The molecule has 1 heterocycles. The summed E-state index contributed by atoms with van der Waals surface area (Å²) in [5, 5.41) is 2.29. The van der Waals surface area contributed by atoms with Crippen LogP contribution in [0.4, 0.5) is 18.9 Å². The number of carbonyl (C=O) groups is 2. The summed E-state index contributed by atoms with van der Waals surface area (Å²) in [4.78, 5) is 26.9. The number of likely N-dealkylation sites (tertiary alicyclic amines) is 1. The Bertz CT molecular complexity index is 633. The first-order valence-corrected chi connectivity index (χ1v) is 8.41. The summed E-state index contributed by atoms with van der Waals surface area (Å²) in [5.41, 5.74) is -2.71. The fraction of sp³-hybridized carbons (Fsp3) is 0.556. The first-order chi connectivity index (χ1) is 11.6. The van der Waals surface area contributed by atoms with Gasteiger partial charge >= 0.3 is 6.18 Å². The van der Waals surface area contributed by atoms with Gasteiger partial charge in [0.15, 0.2) is 0 Å². The number of para-hydroxylation sites is 1. The van der Waals surface area contributed by atoms with Crippen molar-refractivity contribution in [3.05, 3.63) is 29.8 Å². The maximum atomic E-state index is 13.1. The molecule has 1 N–H and O–H groups in total. The van der Waals surface area contributed by atoms with Crippen LogP contribution in [0.3, 0.4) is 0 Å². The molecule has 2 rings (SSSR count). The van der Waals surface area contributed by atoms with Crippen molar-refractivity contribution in [2.45, 2.75) is 45.7 Å². The molecular formula is C18H23F3N2O2. The number of alkyl halides is 3. The van der Waals surface area contributed by atoms with Gasteiger partial charge < -0.3 is 10.2 Å². The summed E-state index contributed by atoms with van der Waals surface area (Å²) in [6.07, 6.45) is -0.756. The predicted octanol–water partition coefficient (Wildman–Crippen LogP) is 4.07. The molecule has 0 spiro atoms. The Hall–Kier alpha value is -2.05. The molecular weight excluding hydrogens is 333 g/mol. The van der Waals surface area contributed by atoms with Crippen molar-refractivity contribution in [3.8, 4) is 0 Å². The van der Waals surface area contributed by atoms with Crippen LogP contribution in [0.25, 0.3) is 0 Å². The van der Waals surface area contributed by atoms with Crippen molar-refractivity contribution < 1.29 is 22.8 Å². The van der Waals surface area contributed by atoms with Gasteiger partial charge in [0.2, 0.25) is 11.8 Å². The van der Waals surface area contributed by atoms with Crippen molar-refractivity contribution in [1.29, 1.82) is 0 Å². The zero-order valence-corrected chi connectivity index (χ0v) is 14.4. The van der Waals surface area contributed by atoms with Crippen molar-refractivity contribution >= 4 is 17.5 Å². The number of nitrogens with zero attached hydrogens (tertiary/aromatic N) is 1. The summed E-state index contributed by atoms with van der Waals surface area (Å²) in [7, 11) is 0. The maximum absolute atomic E-state index is 13.1. The van der Waals surface area contributed by atoms with E-state index in [1.54, 1.807) is 4.90 Å². The van der Waals surface area contributed by atoms with E-state index in [0.717, 1.165) is 31.7 Å². The highest BCUT2D eigenvalue weighted by Crippen LogP contribution is 2.35. The molecule has 1 fully saturated rings. The van der Waals surface area contributed by atoms with Gasteiger partial charge in [-0.15, -0.1) is 0 Å². The van der Waals surface area contributed by atoms with Gasteiger partial charge in [0.1, 0.15) is 5.41 Å². The second-order valence-corrected chi connectivity index (χ2v) is 6.83. The van der Waals surface area contributed by atoms with Crippen LogP contribution in [0.2, 0.25) is 0 Å². The van der Waals surface area contributed by atoms with E-state index in [2.05, 4.69) is 5.32 Å². The largest absolute Gasteiger partial charge is 0.418 e. The normalized spacial score (nSPS) is 16.3. The standard InChI is InChI=1S/C18H23F3N2O2/c1-17(2,16(25)23-11-7-3-4-8-12-23)15(24)22-14-10-6-5-9-13(14)18(19,20)21/h5-6,9-10H,3-4,7-8,11-12H2,1-2H3,(H,22,24). The minimum absolute atomic E-state index is 0.336. The Morgan fingerprint density at radius 1 is 1.00 bits per heavy atom. The molecule has 0 saturated carbocycles. The molecule has 0 bridgehead atoms. The van der Waals surface area contributed by atoms with Gasteiger partial charge in [0.25, 0.3) is 0 Å². The molecule has 138 valence electrons. The molecule has 0 aliphatic carbocycles. The Morgan fingerprint density at radius 3 is 2.12 bits per heavy atom. The molecule has 0 atom stereocenters. The Kier molecular flexibility index (Phi) is 5.75. The van der Waals surface area contributed by atoms with Crippen molar-refractivity contribution in [2.75, 3.05) is 18.4 Å². The third kappa shape index (κ3) is 4.52. The molecule has 2 amide bonds. The third-order valence-corrected chi connectivity index (χ3v) is 4.48. The van der Waals surface area contributed by atoms with Crippen molar-refractivity contribution in [2.24, 2.45) is 5.41 Å². The van der Waals surface area contributed by atoms with Crippen LogP contribution in [0.5, 0.6) is 0 Å². The molecule has 1 aromatic carbocycles. The summed E-state index contributed by atoms with van der Waals surface area (Å²) in [6.45, 7) is 4.06. The highest BCUT2D eigenvalue weighted by Gasteiger charge is 2.41. The van der Waals surface area contributed by atoms with Crippen LogP contribution in [-0.2, 0) is 15.8 Å².